The van der Waals surface area contributed by atoms with Crippen LogP contribution < -0.4 is 5.73 Å². The maximum absolute atomic E-state index is 11.7. The van der Waals surface area contributed by atoms with Gasteiger partial charge in [0.05, 0.1) is 16.9 Å². The molecule has 2 N–H and O–H groups in total. The summed E-state index contributed by atoms with van der Waals surface area (Å²) >= 11 is 0. The summed E-state index contributed by atoms with van der Waals surface area (Å²) in [6.45, 7) is 3.66. The highest BCUT2D eigenvalue weighted by atomic mass is 16.2. The van der Waals surface area contributed by atoms with E-state index >= 15 is 0 Å². The van der Waals surface area contributed by atoms with Gasteiger partial charge in [0.1, 0.15) is 0 Å². The predicted molar refractivity (Wildman–Crippen MR) is 56.1 cm³/mol. The van der Waals surface area contributed by atoms with Crippen molar-refractivity contribution in [2.24, 2.45) is 0 Å². The number of hydrogen-bond acceptors (Lipinski definition) is 3. The molecule has 0 unspecified atom stereocenters. The number of rotatable bonds is 1. The maximum atomic E-state index is 11.7. The van der Waals surface area contributed by atoms with Crippen molar-refractivity contribution < 1.29 is 4.79 Å². The zero-order chi connectivity index (χ0) is 10.9. The first kappa shape index (κ1) is 10.5. The molecule has 1 heterocycles. The van der Waals surface area contributed by atoms with Gasteiger partial charge in [0.2, 0.25) is 0 Å². The van der Waals surface area contributed by atoms with Crippen molar-refractivity contribution in [3.8, 4) is 0 Å². The SMILES string of the molecule is Cc1ncc(C(=O)N(C)C)c(C)c1N. The van der Waals surface area contributed by atoms with Gasteiger partial charge in [-0.3, -0.25) is 9.78 Å². The van der Waals surface area contributed by atoms with E-state index in [0.717, 1.165) is 11.3 Å². The molecule has 4 nitrogen and oxygen atoms in total. The first-order chi connectivity index (χ1) is 6.45. The molecule has 1 amide bonds. The van der Waals surface area contributed by atoms with E-state index in [2.05, 4.69) is 4.98 Å². The van der Waals surface area contributed by atoms with E-state index in [1.54, 1.807) is 20.3 Å². The molecule has 1 aromatic rings. The largest absolute Gasteiger partial charge is 0.397 e. The van der Waals surface area contributed by atoms with E-state index in [1.165, 1.54) is 4.90 Å². The summed E-state index contributed by atoms with van der Waals surface area (Å²) in [5.41, 5.74) is 8.51. The first-order valence-corrected chi connectivity index (χ1v) is 4.38. The topological polar surface area (TPSA) is 59.2 Å². The van der Waals surface area contributed by atoms with E-state index in [4.69, 9.17) is 5.73 Å². The van der Waals surface area contributed by atoms with Gasteiger partial charge in [0, 0.05) is 20.3 Å². The van der Waals surface area contributed by atoms with Gasteiger partial charge in [-0.15, -0.1) is 0 Å². The lowest BCUT2D eigenvalue weighted by molar-refractivity contribution is 0.0826. The molecule has 1 aromatic heterocycles. The van der Waals surface area contributed by atoms with Crippen molar-refractivity contribution in [2.45, 2.75) is 13.8 Å². The molecule has 14 heavy (non-hydrogen) atoms. The van der Waals surface area contributed by atoms with Crippen LogP contribution in [0.5, 0.6) is 0 Å². The Morgan fingerprint density at radius 1 is 1.43 bits per heavy atom. The fourth-order valence-electron chi connectivity index (χ4n) is 1.20. The van der Waals surface area contributed by atoms with Gasteiger partial charge in [0.15, 0.2) is 0 Å². The molecular formula is C10H15N3O. The van der Waals surface area contributed by atoms with Crippen LogP contribution in [-0.4, -0.2) is 29.9 Å². The third-order valence-corrected chi connectivity index (χ3v) is 2.22. The molecule has 0 saturated carbocycles. The lowest BCUT2D eigenvalue weighted by atomic mass is 10.1. The van der Waals surface area contributed by atoms with Crippen LogP contribution in [0.4, 0.5) is 5.69 Å². The normalized spacial score (nSPS) is 10.0. The quantitative estimate of drug-likeness (QED) is 0.723. The Hall–Kier alpha value is -1.58. The van der Waals surface area contributed by atoms with Crippen molar-refractivity contribution in [2.75, 3.05) is 19.8 Å². The zero-order valence-electron chi connectivity index (χ0n) is 8.96. The minimum absolute atomic E-state index is 0.0679. The second kappa shape index (κ2) is 3.65. The molecule has 0 bridgehead atoms. The Kier molecular flexibility index (Phi) is 2.74. The fraction of sp³-hybridized carbons (Fsp3) is 0.400. The molecule has 4 heteroatoms. The highest BCUT2D eigenvalue weighted by molar-refractivity contribution is 5.96. The minimum Gasteiger partial charge on any atom is -0.397 e. The number of hydrogen-bond donors (Lipinski definition) is 1. The van der Waals surface area contributed by atoms with Gasteiger partial charge in [-0.1, -0.05) is 0 Å². The lowest BCUT2D eigenvalue weighted by Gasteiger charge is -2.13. The van der Waals surface area contributed by atoms with E-state index in [9.17, 15) is 4.79 Å². The number of pyridine rings is 1. The van der Waals surface area contributed by atoms with Gasteiger partial charge in [0.25, 0.3) is 5.91 Å². The number of aromatic nitrogens is 1. The van der Waals surface area contributed by atoms with Crippen molar-refractivity contribution in [3.63, 3.8) is 0 Å². The van der Waals surface area contributed by atoms with E-state index in [0.29, 0.717) is 11.3 Å². The highest BCUT2D eigenvalue weighted by Crippen LogP contribution is 2.18. The summed E-state index contributed by atoms with van der Waals surface area (Å²) in [5, 5.41) is 0. The average Bonchev–Trinajstić information content (AvgIpc) is 2.13. The van der Waals surface area contributed by atoms with Gasteiger partial charge >= 0.3 is 0 Å². The summed E-state index contributed by atoms with van der Waals surface area (Å²) in [5.74, 6) is -0.0679. The molecule has 76 valence electrons. The molecular weight excluding hydrogens is 178 g/mol. The van der Waals surface area contributed by atoms with Crippen LogP contribution in [0.2, 0.25) is 0 Å². The molecule has 0 spiro atoms. The van der Waals surface area contributed by atoms with Gasteiger partial charge in [-0.05, 0) is 19.4 Å². The summed E-state index contributed by atoms with van der Waals surface area (Å²) in [4.78, 5) is 17.2. The van der Waals surface area contributed by atoms with Crippen LogP contribution in [0, 0.1) is 13.8 Å². The third-order valence-electron chi connectivity index (χ3n) is 2.22. The second-order valence-corrected chi connectivity index (χ2v) is 3.50. The number of nitrogens with zero attached hydrogens (tertiary/aromatic N) is 2. The Bertz CT molecular complexity index is 372. The van der Waals surface area contributed by atoms with E-state index < -0.39 is 0 Å². The molecule has 0 aliphatic rings. The summed E-state index contributed by atoms with van der Waals surface area (Å²) < 4.78 is 0. The number of carbonyl (C=O) groups is 1. The zero-order valence-corrected chi connectivity index (χ0v) is 8.96. The molecule has 0 atom stereocenters. The molecule has 0 fully saturated rings. The van der Waals surface area contributed by atoms with Crippen molar-refractivity contribution in [1.82, 2.24) is 9.88 Å². The Morgan fingerprint density at radius 3 is 2.50 bits per heavy atom. The van der Waals surface area contributed by atoms with Gasteiger partial charge in [-0.25, -0.2) is 0 Å². The number of aryl methyl sites for hydroxylation is 1. The first-order valence-electron chi connectivity index (χ1n) is 4.38. The number of nitrogen functional groups attached to an aromatic ring is 1. The Labute approximate surface area is 83.7 Å². The second-order valence-electron chi connectivity index (χ2n) is 3.50. The predicted octanol–water partition coefficient (Wildman–Crippen LogP) is 0.982. The van der Waals surface area contributed by atoms with Crippen molar-refractivity contribution in [1.29, 1.82) is 0 Å². The summed E-state index contributed by atoms with van der Waals surface area (Å²) in [6.07, 6.45) is 1.57. The third kappa shape index (κ3) is 1.69. The molecule has 0 aliphatic heterocycles. The minimum atomic E-state index is -0.0679. The summed E-state index contributed by atoms with van der Waals surface area (Å²) in [6, 6.07) is 0. The number of anilines is 1. The number of carbonyl (C=O) groups excluding carboxylic acids is 1. The fourth-order valence-corrected chi connectivity index (χ4v) is 1.20. The Morgan fingerprint density at radius 2 is 2.00 bits per heavy atom. The monoisotopic (exact) mass is 193 g/mol. The van der Waals surface area contributed by atoms with Crippen LogP contribution in [0.3, 0.4) is 0 Å². The van der Waals surface area contributed by atoms with E-state index in [-0.39, 0.29) is 5.91 Å². The van der Waals surface area contributed by atoms with Crippen LogP contribution >= 0.6 is 0 Å². The van der Waals surface area contributed by atoms with Crippen LogP contribution in [0.15, 0.2) is 6.20 Å². The molecule has 1 rings (SSSR count). The average molecular weight is 193 g/mol. The number of amides is 1. The standard InChI is InChI=1S/C10H15N3O/c1-6-8(10(14)13(3)4)5-12-7(2)9(6)11/h5H,11H2,1-4H3. The molecule has 0 aliphatic carbocycles. The van der Waals surface area contributed by atoms with Crippen LogP contribution in [-0.2, 0) is 0 Å². The highest BCUT2D eigenvalue weighted by Gasteiger charge is 2.14. The van der Waals surface area contributed by atoms with Crippen molar-refractivity contribution >= 4 is 11.6 Å². The Balaban J connectivity index is 3.24. The van der Waals surface area contributed by atoms with Crippen molar-refractivity contribution in [3.05, 3.63) is 23.0 Å². The molecule has 0 saturated heterocycles. The lowest BCUT2D eigenvalue weighted by Crippen LogP contribution is -2.23. The smallest absolute Gasteiger partial charge is 0.255 e. The van der Waals surface area contributed by atoms with Gasteiger partial charge in [-0.2, -0.15) is 0 Å². The molecule has 0 radical (unpaired) electrons. The number of nitrogens with two attached hydrogens (primary N) is 1. The molecule has 0 aromatic carbocycles. The summed E-state index contributed by atoms with van der Waals surface area (Å²) in [7, 11) is 3.41. The maximum Gasteiger partial charge on any atom is 0.255 e. The van der Waals surface area contributed by atoms with Crippen LogP contribution in [0.25, 0.3) is 0 Å². The van der Waals surface area contributed by atoms with E-state index in [1.807, 2.05) is 13.8 Å². The van der Waals surface area contributed by atoms with Gasteiger partial charge < -0.3 is 10.6 Å². The van der Waals surface area contributed by atoms with Crippen LogP contribution in [0.1, 0.15) is 21.6 Å².